The first-order valence-electron chi connectivity index (χ1n) is 4.44. The highest BCUT2D eigenvalue weighted by Crippen LogP contribution is 2.20. The second-order valence-corrected chi connectivity index (χ2v) is 3.67. The molecule has 2 saturated heterocycles. The van der Waals surface area contributed by atoms with Gasteiger partial charge in [0, 0.05) is 31.5 Å². The van der Waals surface area contributed by atoms with E-state index >= 15 is 0 Å². The topological polar surface area (TPSA) is 61.4 Å². The summed E-state index contributed by atoms with van der Waals surface area (Å²) in [5.41, 5.74) is 0. The van der Waals surface area contributed by atoms with Crippen LogP contribution in [0.15, 0.2) is 0 Å². The summed E-state index contributed by atoms with van der Waals surface area (Å²) < 4.78 is 0. The second-order valence-electron chi connectivity index (χ2n) is 3.67. The third kappa shape index (κ3) is 2.33. The van der Waals surface area contributed by atoms with Gasteiger partial charge in [0.2, 0.25) is 5.91 Å². The summed E-state index contributed by atoms with van der Waals surface area (Å²) in [4.78, 5) is 10.9. The summed E-state index contributed by atoms with van der Waals surface area (Å²) >= 11 is 0. The van der Waals surface area contributed by atoms with E-state index in [1.807, 2.05) is 0 Å². The second kappa shape index (κ2) is 4.26. The number of nitrogens with one attached hydrogen (secondary N) is 2. The third-order valence-electron chi connectivity index (χ3n) is 2.72. The van der Waals surface area contributed by atoms with Crippen LogP contribution in [-0.4, -0.2) is 36.2 Å². The number of rotatable bonds is 1. The summed E-state index contributed by atoms with van der Waals surface area (Å²) in [6.45, 7) is 1.44. The van der Waals surface area contributed by atoms with E-state index in [-0.39, 0.29) is 24.4 Å². The van der Waals surface area contributed by atoms with Crippen molar-refractivity contribution >= 4 is 18.3 Å². The lowest BCUT2D eigenvalue weighted by Gasteiger charge is -2.15. The first-order valence-corrected chi connectivity index (χ1v) is 4.44. The van der Waals surface area contributed by atoms with Gasteiger partial charge in [0.05, 0.1) is 6.10 Å². The highest BCUT2D eigenvalue weighted by Gasteiger charge is 2.33. The highest BCUT2D eigenvalue weighted by atomic mass is 35.5. The first-order chi connectivity index (χ1) is 5.75. The van der Waals surface area contributed by atoms with Gasteiger partial charge in [-0.15, -0.1) is 12.4 Å². The molecule has 1 unspecified atom stereocenters. The van der Waals surface area contributed by atoms with Gasteiger partial charge in [-0.3, -0.25) is 4.79 Å². The third-order valence-corrected chi connectivity index (χ3v) is 2.72. The molecule has 0 aromatic heterocycles. The van der Waals surface area contributed by atoms with Gasteiger partial charge in [-0.25, -0.2) is 0 Å². The predicted octanol–water partition coefficient (Wildman–Crippen LogP) is -0.733. The fourth-order valence-corrected chi connectivity index (χ4v) is 2.02. The molecule has 13 heavy (non-hydrogen) atoms. The fraction of sp³-hybridized carbons (Fsp3) is 0.875. The standard InChI is InChI=1S/C8H14N2O2.ClH/c11-6-2-7(9-4-6)5-1-8(12)10-3-5;/h5-7,9,11H,1-4H2,(H,10,12);1H/t5?,6-,7+;/m1./s1. The predicted molar refractivity (Wildman–Crippen MR) is 50.8 cm³/mol. The summed E-state index contributed by atoms with van der Waals surface area (Å²) in [7, 11) is 0. The van der Waals surface area contributed by atoms with Crippen LogP contribution in [0.3, 0.4) is 0 Å². The van der Waals surface area contributed by atoms with Gasteiger partial charge in [0.25, 0.3) is 0 Å². The van der Waals surface area contributed by atoms with Gasteiger partial charge in [-0.2, -0.15) is 0 Å². The number of carbonyl (C=O) groups is 1. The maximum atomic E-state index is 10.9. The first kappa shape index (κ1) is 10.8. The molecule has 4 nitrogen and oxygen atoms in total. The van der Waals surface area contributed by atoms with E-state index in [2.05, 4.69) is 10.6 Å². The van der Waals surface area contributed by atoms with Crippen LogP contribution in [0, 0.1) is 5.92 Å². The molecule has 2 heterocycles. The summed E-state index contributed by atoms with van der Waals surface area (Å²) in [5.74, 6) is 0.526. The molecule has 0 radical (unpaired) electrons. The normalized spacial score (nSPS) is 38.5. The number of hydrogen-bond acceptors (Lipinski definition) is 3. The molecule has 2 aliphatic heterocycles. The van der Waals surface area contributed by atoms with E-state index in [4.69, 9.17) is 0 Å². The zero-order valence-corrected chi connectivity index (χ0v) is 8.14. The van der Waals surface area contributed by atoms with Gasteiger partial charge in [-0.05, 0) is 6.42 Å². The van der Waals surface area contributed by atoms with Gasteiger partial charge < -0.3 is 15.7 Å². The van der Waals surface area contributed by atoms with E-state index in [9.17, 15) is 9.90 Å². The van der Waals surface area contributed by atoms with Crippen LogP contribution in [-0.2, 0) is 4.79 Å². The van der Waals surface area contributed by atoms with Crippen LogP contribution in [0.4, 0.5) is 0 Å². The van der Waals surface area contributed by atoms with Crippen LogP contribution in [0.2, 0.25) is 0 Å². The average molecular weight is 207 g/mol. The number of β-amino-alcohol motifs (C(OH)–C–C–N with tert-alkyl or cyclic N) is 1. The molecule has 2 rings (SSSR count). The molecule has 0 spiro atoms. The summed E-state index contributed by atoms with van der Waals surface area (Å²) in [5, 5.41) is 15.3. The largest absolute Gasteiger partial charge is 0.392 e. The molecule has 3 N–H and O–H groups in total. The number of carbonyl (C=O) groups excluding carboxylic acids is 1. The Kier molecular flexibility index (Phi) is 3.53. The van der Waals surface area contributed by atoms with E-state index in [0.717, 1.165) is 13.0 Å². The minimum absolute atomic E-state index is 0. The Hall–Kier alpha value is -0.320. The molecule has 0 aliphatic carbocycles. The fourth-order valence-electron chi connectivity index (χ4n) is 2.02. The number of hydrogen-bond donors (Lipinski definition) is 3. The van der Waals surface area contributed by atoms with Crippen molar-refractivity contribution in [3.63, 3.8) is 0 Å². The van der Waals surface area contributed by atoms with Crippen LogP contribution in [0.1, 0.15) is 12.8 Å². The van der Waals surface area contributed by atoms with E-state index in [1.165, 1.54) is 0 Å². The molecule has 5 heteroatoms. The molecule has 76 valence electrons. The van der Waals surface area contributed by atoms with Crippen molar-refractivity contribution in [2.24, 2.45) is 5.92 Å². The van der Waals surface area contributed by atoms with Crippen molar-refractivity contribution in [3.8, 4) is 0 Å². The number of aliphatic hydroxyl groups excluding tert-OH is 1. The molecule has 2 fully saturated rings. The van der Waals surface area contributed by atoms with Crippen LogP contribution in [0.25, 0.3) is 0 Å². The molecular formula is C8H15ClN2O2. The smallest absolute Gasteiger partial charge is 0.220 e. The number of amides is 1. The molecule has 3 atom stereocenters. The van der Waals surface area contributed by atoms with Crippen LogP contribution in [0.5, 0.6) is 0 Å². The van der Waals surface area contributed by atoms with Crippen molar-refractivity contribution in [3.05, 3.63) is 0 Å². The number of halogens is 1. The Morgan fingerprint density at radius 1 is 1.38 bits per heavy atom. The van der Waals surface area contributed by atoms with E-state index in [1.54, 1.807) is 0 Å². The molecule has 2 aliphatic rings. The maximum Gasteiger partial charge on any atom is 0.220 e. The Bertz CT molecular complexity index is 201. The van der Waals surface area contributed by atoms with Gasteiger partial charge >= 0.3 is 0 Å². The summed E-state index contributed by atoms with van der Waals surface area (Å²) in [6, 6.07) is 0.332. The lowest BCUT2D eigenvalue weighted by Crippen LogP contribution is -2.31. The average Bonchev–Trinajstić information content (AvgIpc) is 2.58. The van der Waals surface area contributed by atoms with Crippen molar-refractivity contribution in [1.29, 1.82) is 0 Å². The Morgan fingerprint density at radius 2 is 2.15 bits per heavy atom. The van der Waals surface area contributed by atoms with E-state index in [0.29, 0.717) is 24.9 Å². The Morgan fingerprint density at radius 3 is 2.62 bits per heavy atom. The van der Waals surface area contributed by atoms with Gasteiger partial charge in [0.1, 0.15) is 0 Å². The monoisotopic (exact) mass is 206 g/mol. The van der Waals surface area contributed by atoms with Gasteiger partial charge in [-0.1, -0.05) is 0 Å². The minimum atomic E-state index is -0.217. The Labute approximate surface area is 83.5 Å². The molecule has 0 aromatic rings. The lowest BCUT2D eigenvalue weighted by molar-refractivity contribution is -0.119. The highest BCUT2D eigenvalue weighted by molar-refractivity contribution is 5.85. The molecule has 0 bridgehead atoms. The quantitative estimate of drug-likeness (QED) is 0.530. The van der Waals surface area contributed by atoms with Crippen LogP contribution >= 0.6 is 12.4 Å². The molecular weight excluding hydrogens is 192 g/mol. The number of aliphatic hydroxyl groups is 1. The summed E-state index contributed by atoms with van der Waals surface area (Å²) in [6.07, 6.45) is 1.19. The van der Waals surface area contributed by atoms with Crippen molar-refractivity contribution in [2.45, 2.75) is 25.0 Å². The van der Waals surface area contributed by atoms with Crippen molar-refractivity contribution in [1.82, 2.24) is 10.6 Å². The molecule has 0 saturated carbocycles. The molecule has 1 amide bonds. The van der Waals surface area contributed by atoms with Crippen LogP contribution < -0.4 is 10.6 Å². The van der Waals surface area contributed by atoms with Crippen molar-refractivity contribution < 1.29 is 9.90 Å². The lowest BCUT2D eigenvalue weighted by atomic mass is 9.97. The zero-order valence-electron chi connectivity index (χ0n) is 7.32. The SMILES string of the molecule is Cl.O=C1CC([C@@H]2C[C@@H](O)CN2)CN1. The minimum Gasteiger partial charge on any atom is -0.392 e. The van der Waals surface area contributed by atoms with Gasteiger partial charge in [0.15, 0.2) is 0 Å². The Balaban J connectivity index is 0.000000845. The maximum absolute atomic E-state index is 10.9. The zero-order chi connectivity index (χ0) is 8.55. The van der Waals surface area contributed by atoms with E-state index < -0.39 is 0 Å². The van der Waals surface area contributed by atoms with Crippen molar-refractivity contribution in [2.75, 3.05) is 13.1 Å². The molecule has 0 aromatic carbocycles.